The van der Waals surface area contributed by atoms with Gasteiger partial charge in [0.1, 0.15) is 0 Å². The van der Waals surface area contributed by atoms with Crippen LogP contribution in [0.2, 0.25) is 10.0 Å². The molecule has 122 valence electrons. The second-order valence-corrected chi connectivity index (χ2v) is 5.73. The lowest BCUT2D eigenvalue weighted by atomic mass is 10.1. The monoisotopic (exact) mass is 363 g/mol. The predicted molar refractivity (Wildman–Crippen MR) is 93.9 cm³/mol. The van der Waals surface area contributed by atoms with Crippen LogP contribution >= 0.6 is 23.2 Å². The van der Waals surface area contributed by atoms with E-state index in [4.69, 9.17) is 27.9 Å². The molecule has 0 atom stereocenters. The quantitative estimate of drug-likeness (QED) is 0.646. The second-order valence-electron chi connectivity index (χ2n) is 4.89. The lowest BCUT2D eigenvalue weighted by Crippen LogP contribution is -2.13. The van der Waals surface area contributed by atoms with Crippen LogP contribution < -0.4 is 10.1 Å². The van der Waals surface area contributed by atoms with Crippen molar-refractivity contribution in [2.24, 2.45) is 10.2 Å². The molecule has 0 aliphatic carbocycles. The van der Waals surface area contributed by atoms with E-state index in [0.717, 1.165) is 0 Å². The van der Waals surface area contributed by atoms with Crippen LogP contribution in [0.1, 0.15) is 11.1 Å². The van der Waals surface area contributed by atoms with Gasteiger partial charge in [-0.25, -0.2) is 0 Å². The van der Waals surface area contributed by atoms with E-state index in [1.54, 1.807) is 18.2 Å². The Bertz CT molecular complexity index is 894. The van der Waals surface area contributed by atoms with Crippen molar-refractivity contribution in [1.82, 2.24) is 0 Å². The summed E-state index contributed by atoms with van der Waals surface area (Å²) in [5, 5.41) is 20.8. The summed E-state index contributed by atoms with van der Waals surface area (Å²) in [6, 6.07) is 7.84. The first kappa shape index (κ1) is 16.3. The zero-order valence-electron chi connectivity index (χ0n) is 12.4. The summed E-state index contributed by atoms with van der Waals surface area (Å²) in [5.41, 5.74) is 1.73. The summed E-state index contributed by atoms with van der Waals surface area (Å²) >= 11 is 12.0. The molecule has 2 aromatic rings. The van der Waals surface area contributed by atoms with E-state index in [0.29, 0.717) is 32.6 Å². The molecule has 1 heterocycles. The smallest absolute Gasteiger partial charge is 0.276 e. The molecule has 8 heteroatoms. The summed E-state index contributed by atoms with van der Waals surface area (Å²) in [4.78, 5) is 12.0. The minimum atomic E-state index is -0.408. The topological polar surface area (TPSA) is 83.3 Å². The first-order chi connectivity index (χ1) is 11.5. The molecule has 24 heavy (non-hydrogen) atoms. The molecular formula is C16H11Cl2N3O3. The third-order valence-electron chi connectivity index (χ3n) is 3.33. The van der Waals surface area contributed by atoms with Crippen molar-refractivity contribution in [2.45, 2.75) is 0 Å². The van der Waals surface area contributed by atoms with E-state index in [9.17, 15) is 9.90 Å². The number of nitrogens with one attached hydrogen (secondary N) is 1. The summed E-state index contributed by atoms with van der Waals surface area (Å²) < 4.78 is 5.01. The van der Waals surface area contributed by atoms with Gasteiger partial charge in [0.2, 0.25) is 0 Å². The maximum Gasteiger partial charge on any atom is 0.276 e. The average Bonchev–Trinajstić information content (AvgIpc) is 2.85. The van der Waals surface area contributed by atoms with Gasteiger partial charge in [0, 0.05) is 10.6 Å². The molecule has 0 bridgehead atoms. The van der Waals surface area contributed by atoms with Crippen LogP contribution in [0.5, 0.6) is 11.5 Å². The number of phenolic OH excluding ortho intramolecular Hbond substituents is 1. The summed E-state index contributed by atoms with van der Waals surface area (Å²) in [5.74, 6) is -0.0712. The number of halogens is 2. The number of ether oxygens (including phenoxy) is 1. The Kier molecular flexibility index (Phi) is 4.42. The number of rotatable bonds is 3. The number of methoxy groups -OCH3 is 1. The SMILES string of the molecule is COc1cc(/C=N/N=C2\C(=O)Nc3c(Cl)cc(Cl)cc32)ccc1O. The largest absolute Gasteiger partial charge is 0.504 e. The maximum atomic E-state index is 12.0. The van der Waals surface area contributed by atoms with Crippen molar-refractivity contribution in [3.05, 3.63) is 51.5 Å². The molecule has 1 aliphatic rings. The van der Waals surface area contributed by atoms with E-state index in [-0.39, 0.29) is 11.5 Å². The minimum absolute atomic E-state index is 0.0225. The molecule has 0 radical (unpaired) electrons. The number of aromatic hydroxyl groups is 1. The van der Waals surface area contributed by atoms with Gasteiger partial charge in [-0.2, -0.15) is 5.10 Å². The molecule has 0 unspecified atom stereocenters. The van der Waals surface area contributed by atoms with Gasteiger partial charge in [-0.3, -0.25) is 4.79 Å². The van der Waals surface area contributed by atoms with Crippen LogP contribution in [0.3, 0.4) is 0 Å². The Labute approximate surface area is 147 Å². The number of nitrogens with zero attached hydrogens (tertiary/aromatic N) is 2. The molecule has 0 fully saturated rings. The molecule has 6 nitrogen and oxygen atoms in total. The first-order valence-corrected chi connectivity index (χ1v) is 7.54. The van der Waals surface area contributed by atoms with E-state index >= 15 is 0 Å². The van der Waals surface area contributed by atoms with Crippen molar-refractivity contribution in [3.63, 3.8) is 0 Å². The Morgan fingerprint density at radius 3 is 2.79 bits per heavy atom. The predicted octanol–water partition coefficient (Wildman–Crippen LogP) is 3.48. The van der Waals surface area contributed by atoms with E-state index in [1.165, 1.54) is 25.5 Å². The molecule has 0 saturated heterocycles. The lowest BCUT2D eigenvalue weighted by molar-refractivity contribution is -0.110. The first-order valence-electron chi connectivity index (χ1n) is 6.78. The van der Waals surface area contributed by atoms with Gasteiger partial charge in [-0.15, -0.1) is 5.10 Å². The zero-order chi connectivity index (χ0) is 17.3. The van der Waals surface area contributed by atoms with Crippen LogP contribution in [0.25, 0.3) is 0 Å². The van der Waals surface area contributed by atoms with Gasteiger partial charge >= 0.3 is 0 Å². The number of fused-ring (bicyclic) bond motifs is 1. The number of benzene rings is 2. The fourth-order valence-corrected chi connectivity index (χ4v) is 2.75. The Morgan fingerprint density at radius 2 is 2.04 bits per heavy atom. The Balaban J connectivity index is 1.92. The molecule has 0 aromatic heterocycles. The third kappa shape index (κ3) is 3.06. The number of carbonyl (C=O) groups excluding carboxylic acids is 1. The Hall–Kier alpha value is -2.57. The van der Waals surface area contributed by atoms with Crippen molar-refractivity contribution in [1.29, 1.82) is 0 Å². The molecule has 1 amide bonds. The molecule has 2 aromatic carbocycles. The van der Waals surface area contributed by atoms with E-state index < -0.39 is 5.91 Å². The molecule has 2 N–H and O–H groups in total. The van der Waals surface area contributed by atoms with Gasteiger partial charge in [0.15, 0.2) is 17.2 Å². The number of amides is 1. The standard InChI is InChI=1S/C16H11Cl2N3O3/c1-24-13-4-8(2-3-12(13)22)7-19-21-15-10-5-9(17)6-11(18)14(10)20-16(15)23/h2-7,22H,1H3,(H,20,21,23)/b19-7+. The molecule has 1 aliphatic heterocycles. The van der Waals surface area contributed by atoms with Crippen LogP contribution in [-0.4, -0.2) is 30.0 Å². The van der Waals surface area contributed by atoms with Crippen molar-refractivity contribution < 1.29 is 14.6 Å². The highest BCUT2D eigenvalue weighted by molar-refractivity contribution is 6.56. The molecule has 0 spiro atoms. The average molecular weight is 364 g/mol. The fraction of sp³-hybridized carbons (Fsp3) is 0.0625. The Morgan fingerprint density at radius 1 is 1.25 bits per heavy atom. The lowest BCUT2D eigenvalue weighted by Gasteiger charge is -2.02. The summed E-state index contributed by atoms with van der Waals surface area (Å²) in [6.45, 7) is 0. The number of anilines is 1. The van der Waals surface area contributed by atoms with Gasteiger partial charge in [-0.1, -0.05) is 23.2 Å². The zero-order valence-corrected chi connectivity index (χ0v) is 13.9. The van der Waals surface area contributed by atoms with Crippen LogP contribution in [0.4, 0.5) is 5.69 Å². The van der Waals surface area contributed by atoms with Crippen LogP contribution in [0.15, 0.2) is 40.5 Å². The van der Waals surface area contributed by atoms with Crippen LogP contribution in [0, 0.1) is 0 Å². The van der Waals surface area contributed by atoms with Crippen molar-refractivity contribution >= 4 is 46.7 Å². The number of hydrogen-bond donors (Lipinski definition) is 2. The van der Waals surface area contributed by atoms with E-state index in [2.05, 4.69) is 15.5 Å². The number of phenols is 1. The van der Waals surface area contributed by atoms with Gasteiger partial charge in [-0.05, 0) is 35.9 Å². The van der Waals surface area contributed by atoms with Gasteiger partial charge in [0.05, 0.1) is 24.0 Å². The normalized spacial score (nSPS) is 15.0. The highest BCUT2D eigenvalue weighted by atomic mass is 35.5. The summed E-state index contributed by atoms with van der Waals surface area (Å²) in [6.07, 6.45) is 1.44. The minimum Gasteiger partial charge on any atom is -0.504 e. The molecule has 0 saturated carbocycles. The van der Waals surface area contributed by atoms with Crippen LogP contribution in [-0.2, 0) is 4.79 Å². The molecular weight excluding hydrogens is 353 g/mol. The highest BCUT2D eigenvalue weighted by Gasteiger charge is 2.28. The van der Waals surface area contributed by atoms with Crippen molar-refractivity contribution in [2.75, 3.05) is 12.4 Å². The maximum absolute atomic E-state index is 12.0. The van der Waals surface area contributed by atoms with Gasteiger partial charge < -0.3 is 15.2 Å². The number of carbonyl (C=O) groups is 1. The van der Waals surface area contributed by atoms with Crippen molar-refractivity contribution in [3.8, 4) is 11.5 Å². The van der Waals surface area contributed by atoms with Gasteiger partial charge in [0.25, 0.3) is 5.91 Å². The third-order valence-corrected chi connectivity index (χ3v) is 3.85. The fourth-order valence-electron chi connectivity index (χ4n) is 2.21. The summed E-state index contributed by atoms with van der Waals surface area (Å²) in [7, 11) is 1.45. The number of hydrogen-bond acceptors (Lipinski definition) is 5. The van der Waals surface area contributed by atoms with E-state index in [1.807, 2.05) is 0 Å². The highest BCUT2D eigenvalue weighted by Crippen LogP contribution is 2.34. The molecule has 3 rings (SSSR count). The second kappa shape index (κ2) is 6.51.